The fourth-order valence-corrected chi connectivity index (χ4v) is 1.35. The molecule has 0 aromatic heterocycles. The van der Waals surface area contributed by atoms with E-state index in [4.69, 9.17) is 5.73 Å². The maximum absolute atomic E-state index is 12.7. The van der Waals surface area contributed by atoms with E-state index in [9.17, 15) is 4.39 Å². The van der Waals surface area contributed by atoms with Crippen molar-refractivity contribution in [2.24, 2.45) is 5.73 Å². The van der Waals surface area contributed by atoms with Crippen LogP contribution in [0.3, 0.4) is 0 Å². The third-order valence-electron chi connectivity index (χ3n) is 1.95. The van der Waals surface area contributed by atoms with Crippen molar-refractivity contribution in [2.45, 2.75) is 32.7 Å². The number of halogens is 1. The molecule has 0 heterocycles. The van der Waals surface area contributed by atoms with E-state index < -0.39 is 0 Å². The van der Waals surface area contributed by atoms with E-state index in [0.29, 0.717) is 0 Å². The first-order chi connectivity index (χ1) is 5.88. The quantitative estimate of drug-likeness (QED) is 0.745. The normalized spacial score (nSPS) is 11.8. The molecule has 0 saturated carbocycles. The fraction of sp³-hybridized carbons (Fsp3) is 0.455. The van der Waals surface area contributed by atoms with Gasteiger partial charge in [0, 0.05) is 5.54 Å². The van der Waals surface area contributed by atoms with E-state index in [0.717, 1.165) is 17.5 Å². The standard InChI is InChI=1S/C11H16FN/c1-8-6-10(12)5-4-9(8)7-11(2,3)13/h4-6H,7,13H2,1-3H3. The van der Waals surface area contributed by atoms with Crippen LogP contribution >= 0.6 is 0 Å². The van der Waals surface area contributed by atoms with Crippen LogP contribution in [0.15, 0.2) is 18.2 Å². The van der Waals surface area contributed by atoms with Gasteiger partial charge in [0.2, 0.25) is 0 Å². The molecule has 1 rings (SSSR count). The van der Waals surface area contributed by atoms with E-state index in [1.807, 2.05) is 20.8 Å². The zero-order chi connectivity index (χ0) is 10.1. The molecule has 0 amide bonds. The Bertz CT molecular complexity index is 299. The Balaban J connectivity index is 2.90. The Morgan fingerprint density at radius 1 is 1.38 bits per heavy atom. The molecule has 0 aliphatic carbocycles. The minimum atomic E-state index is -0.234. The summed E-state index contributed by atoms with van der Waals surface area (Å²) in [7, 11) is 0. The Hall–Kier alpha value is -0.890. The number of hydrogen-bond acceptors (Lipinski definition) is 1. The van der Waals surface area contributed by atoms with Gasteiger partial charge in [-0.1, -0.05) is 6.07 Å². The van der Waals surface area contributed by atoms with Gasteiger partial charge in [0.15, 0.2) is 0 Å². The van der Waals surface area contributed by atoms with Gasteiger partial charge in [-0.2, -0.15) is 0 Å². The molecule has 0 unspecified atom stereocenters. The van der Waals surface area contributed by atoms with Gasteiger partial charge < -0.3 is 5.73 Å². The lowest BCUT2D eigenvalue weighted by molar-refractivity contribution is 0.514. The summed E-state index contributed by atoms with van der Waals surface area (Å²) >= 11 is 0. The lowest BCUT2D eigenvalue weighted by Crippen LogP contribution is -2.34. The maximum Gasteiger partial charge on any atom is 0.123 e. The molecular formula is C11H16FN. The van der Waals surface area contributed by atoms with Gasteiger partial charge in [0.05, 0.1) is 0 Å². The SMILES string of the molecule is Cc1cc(F)ccc1CC(C)(C)N. The van der Waals surface area contributed by atoms with E-state index in [1.54, 1.807) is 12.1 Å². The summed E-state index contributed by atoms with van der Waals surface area (Å²) in [5, 5.41) is 0. The molecule has 0 fully saturated rings. The number of nitrogens with two attached hydrogens (primary N) is 1. The summed E-state index contributed by atoms with van der Waals surface area (Å²) in [4.78, 5) is 0. The van der Waals surface area contributed by atoms with Gasteiger partial charge in [-0.25, -0.2) is 4.39 Å². The van der Waals surface area contributed by atoms with Gasteiger partial charge in [-0.3, -0.25) is 0 Å². The molecule has 1 aromatic rings. The first-order valence-corrected chi connectivity index (χ1v) is 4.42. The monoisotopic (exact) mass is 181 g/mol. The van der Waals surface area contributed by atoms with Crippen LogP contribution in [0.25, 0.3) is 0 Å². The summed E-state index contributed by atoms with van der Waals surface area (Å²) < 4.78 is 12.7. The van der Waals surface area contributed by atoms with Crippen molar-refractivity contribution in [2.75, 3.05) is 0 Å². The molecule has 0 atom stereocenters. The summed E-state index contributed by atoms with van der Waals surface area (Å²) in [5.41, 5.74) is 7.74. The Morgan fingerprint density at radius 2 is 2.00 bits per heavy atom. The van der Waals surface area contributed by atoms with Crippen LogP contribution in [0.1, 0.15) is 25.0 Å². The van der Waals surface area contributed by atoms with Crippen LogP contribution in [-0.2, 0) is 6.42 Å². The summed E-state index contributed by atoms with van der Waals surface area (Å²) in [6.07, 6.45) is 0.777. The lowest BCUT2D eigenvalue weighted by atomic mass is 9.93. The highest BCUT2D eigenvalue weighted by molar-refractivity contribution is 5.27. The zero-order valence-electron chi connectivity index (χ0n) is 8.39. The van der Waals surface area contributed by atoms with Gasteiger partial charge in [0.25, 0.3) is 0 Å². The Morgan fingerprint density at radius 3 is 2.46 bits per heavy atom. The topological polar surface area (TPSA) is 26.0 Å². The van der Waals surface area contributed by atoms with Gasteiger partial charge >= 0.3 is 0 Å². The first-order valence-electron chi connectivity index (χ1n) is 4.42. The largest absolute Gasteiger partial charge is 0.325 e. The third kappa shape index (κ3) is 3.15. The number of hydrogen-bond donors (Lipinski definition) is 1. The molecule has 72 valence electrons. The highest BCUT2D eigenvalue weighted by Gasteiger charge is 2.13. The van der Waals surface area contributed by atoms with Crippen molar-refractivity contribution in [1.29, 1.82) is 0 Å². The van der Waals surface area contributed by atoms with Crippen molar-refractivity contribution >= 4 is 0 Å². The maximum atomic E-state index is 12.7. The highest BCUT2D eigenvalue weighted by atomic mass is 19.1. The summed E-state index contributed by atoms with van der Waals surface area (Å²) in [6.45, 7) is 5.84. The molecule has 1 aromatic carbocycles. The molecule has 0 radical (unpaired) electrons. The molecule has 0 aliphatic rings. The van der Waals surface area contributed by atoms with Crippen LogP contribution in [0.5, 0.6) is 0 Å². The lowest BCUT2D eigenvalue weighted by Gasteiger charge is -2.19. The molecule has 0 bridgehead atoms. The molecule has 1 nitrogen and oxygen atoms in total. The molecule has 0 saturated heterocycles. The number of rotatable bonds is 2. The minimum Gasteiger partial charge on any atom is -0.325 e. The van der Waals surface area contributed by atoms with E-state index in [-0.39, 0.29) is 11.4 Å². The predicted molar refractivity (Wildman–Crippen MR) is 53.1 cm³/mol. The molecule has 2 N–H and O–H groups in total. The predicted octanol–water partition coefficient (Wildman–Crippen LogP) is 2.41. The molecule has 2 heteroatoms. The smallest absolute Gasteiger partial charge is 0.123 e. The second kappa shape index (κ2) is 3.46. The van der Waals surface area contributed by atoms with Crippen LogP contribution < -0.4 is 5.73 Å². The van der Waals surface area contributed by atoms with Crippen LogP contribution in [0.4, 0.5) is 4.39 Å². The average molecular weight is 181 g/mol. The van der Waals surface area contributed by atoms with Crippen LogP contribution in [0, 0.1) is 12.7 Å². The van der Waals surface area contributed by atoms with Crippen molar-refractivity contribution in [3.05, 3.63) is 35.1 Å². The van der Waals surface area contributed by atoms with Crippen molar-refractivity contribution in [3.8, 4) is 0 Å². The Labute approximate surface area is 78.8 Å². The zero-order valence-corrected chi connectivity index (χ0v) is 8.39. The number of benzene rings is 1. The fourth-order valence-electron chi connectivity index (χ4n) is 1.35. The van der Waals surface area contributed by atoms with Crippen molar-refractivity contribution in [1.82, 2.24) is 0 Å². The van der Waals surface area contributed by atoms with E-state index >= 15 is 0 Å². The molecule has 0 spiro atoms. The Kier molecular flexibility index (Phi) is 2.71. The van der Waals surface area contributed by atoms with E-state index in [2.05, 4.69) is 0 Å². The second-order valence-electron chi connectivity index (χ2n) is 4.24. The van der Waals surface area contributed by atoms with Crippen molar-refractivity contribution in [3.63, 3.8) is 0 Å². The second-order valence-corrected chi connectivity index (χ2v) is 4.24. The minimum absolute atomic E-state index is 0.184. The molecule has 13 heavy (non-hydrogen) atoms. The van der Waals surface area contributed by atoms with Crippen molar-refractivity contribution < 1.29 is 4.39 Å². The molecular weight excluding hydrogens is 165 g/mol. The van der Waals surface area contributed by atoms with Crippen LogP contribution in [-0.4, -0.2) is 5.54 Å². The summed E-state index contributed by atoms with van der Waals surface area (Å²) in [6, 6.07) is 4.83. The van der Waals surface area contributed by atoms with Crippen LogP contribution in [0.2, 0.25) is 0 Å². The molecule has 0 aliphatic heterocycles. The van der Waals surface area contributed by atoms with E-state index in [1.165, 1.54) is 6.07 Å². The van der Waals surface area contributed by atoms with Gasteiger partial charge in [-0.05, 0) is 50.5 Å². The summed E-state index contributed by atoms with van der Waals surface area (Å²) in [5.74, 6) is -0.184. The average Bonchev–Trinajstić information content (AvgIpc) is 1.93. The van der Waals surface area contributed by atoms with Gasteiger partial charge in [-0.15, -0.1) is 0 Å². The third-order valence-corrected chi connectivity index (χ3v) is 1.95. The number of aryl methyl sites for hydroxylation is 1. The highest BCUT2D eigenvalue weighted by Crippen LogP contribution is 2.15. The van der Waals surface area contributed by atoms with Gasteiger partial charge in [0.1, 0.15) is 5.82 Å². The first kappa shape index (κ1) is 10.2.